The van der Waals surface area contributed by atoms with E-state index in [2.05, 4.69) is 0 Å². The Labute approximate surface area is 140 Å². The van der Waals surface area contributed by atoms with Gasteiger partial charge in [-0.25, -0.2) is 4.39 Å². The Morgan fingerprint density at radius 2 is 1.91 bits per heavy atom. The van der Waals surface area contributed by atoms with Gasteiger partial charge in [-0.15, -0.1) is 0 Å². The number of halogens is 3. The zero-order valence-corrected chi connectivity index (χ0v) is 13.8. The smallest absolute Gasteiger partial charge is 0.123 e. The first kappa shape index (κ1) is 17.1. The van der Waals surface area contributed by atoms with Crippen molar-refractivity contribution in [3.8, 4) is 5.75 Å². The first-order chi connectivity index (χ1) is 10.5. The average Bonchev–Trinajstić information content (AvgIpc) is 2.50. The van der Waals surface area contributed by atoms with Crippen molar-refractivity contribution in [1.29, 1.82) is 0 Å². The van der Waals surface area contributed by atoms with Crippen LogP contribution in [0.15, 0.2) is 36.4 Å². The molecule has 0 aliphatic heterocycles. The first-order valence-electron chi connectivity index (χ1n) is 7.11. The molecule has 0 aliphatic rings. The highest BCUT2D eigenvalue weighted by atomic mass is 35.5. The van der Waals surface area contributed by atoms with Gasteiger partial charge in [-0.2, -0.15) is 0 Å². The van der Waals surface area contributed by atoms with Gasteiger partial charge in [-0.3, -0.25) is 0 Å². The van der Waals surface area contributed by atoms with Crippen molar-refractivity contribution in [1.82, 2.24) is 0 Å². The Bertz CT molecular complexity index is 649. The van der Waals surface area contributed by atoms with Crippen LogP contribution in [0.5, 0.6) is 5.75 Å². The second-order valence-corrected chi connectivity index (χ2v) is 5.81. The van der Waals surface area contributed by atoms with Crippen LogP contribution >= 0.6 is 23.2 Å². The van der Waals surface area contributed by atoms with Gasteiger partial charge < -0.3 is 10.5 Å². The minimum Gasteiger partial charge on any atom is -0.494 e. The maximum atomic E-state index is 13.6. The van der Waals surface area contributed by atoms with Gasteiger partial charge in [0.05, 0.1) is 16.7 Å². The van der Waals surface area contributed by atoms with Gasteiger partial charge >= 0.3 is 0 Å². The largest absolute Gasteiger partial charge is 0.494 e. The fourth-order valence-corrected chi connectivity index (χ4v) is 2.72. The Kier molecular flexibility index (Phi) is 6.07. The Balaban J connectivity index is 2.31. The van der Waals surface area contributed by atoms with Crippen LogP contribution in [0.4, 0.5) is 4.39 Å². The molecule has 22 heavy (non-hydrogen) atoms. The molecule has 0 spiro atoms. The standard InChI is InChI=1S/C17H18Cl2FNO/c1-2-22-17-6-4-13(20)9-14(17)12(10-21)7-11-3-5-15(18)16(19)8-11/h3-6,8-9,12H,2,7,10,21H2,1H3. The molecule has 1 unspecified atom stereocenters. The summed E-state index contributed by atoms with van der Waals surface area (Å²) in [4.78, 5) is 0. The molecule has 0 heterocycles. The number of rotatable bonds is 6. The SMILES string of the molecule is CCOc1ccc(F)cc1C(CN)Cc1ccc(Cl)c(Cl)c1. The summed E-state index contributed by atoms with van der Waals surface area (Å²) in [5.74, 6) is 0.306. The second-order valence-electron chi connectivity index (χ2n) is 5.00. The van der Waals surface area contributed by atoms with Crippen LogP contribution in [-0.2, 0) is 6.42 Å². The van der Waals surface area contributed by atoms with Crippen LogP contribution in [-0.4, -0.2) is 13.2 Å². The third-order valence-corrected chi connectivity index (χ3v) is 4.20. The maximum Gasteiger partial charge on any atom is 0.123 e. The molecule has 118 valence electrons. The Morgan fingerprint density at radius 1 is 1.14 bits per heavy atom. The van der Waals surface area contributed by atoms with Crippen molar-refractivity contribution >= 4 is 23.2 Å². The van der Waals surface area contributed by atoms with Crippen molar-refractivity contribution in [3.63, 3.8) is 0 Å². The quantitative estimate of drug-likeness (QED) is 0.817. The van der Waals surface area contributed by atoms with Crippen LogP contribution in [0.1, 0.15) is 24.0 Å². The lowest BCUT2D eigenvalue weighted by Crippen LogP contribution is -2.16. The third-order valence-electron chi connectivity index (χ3n) is 3.46. The van der Waals surface area contributed by atoms with Crippen molar-refractivity contribution in [2.45, 2.75) is 19.3 Å². The van der Waals surface area contributed by atoms with E-state index < -0.39 is 0 Å². The van der Waals surface area contributed by atoms with Crippen molar-refractivity contribution in [3.05, 3.63) is 63.4 Å². The molecule has 0 fully saturated rings. The number of nitrogens with two attached hydrogens (primary N) is 1. The maximum absolute atomic E-state index is 13.6. The molecular formula is C17H18Cl2FNO. The zero-order chi connectivity index (χ0) is 16.1. The van der Waals surface area contributed by atoms with Gasteiger partial charge in [0.15, 0.2) is 0 Å². The number of ether oxygens (including phenoxy) is 1. The fourth-order valence-electron chi connectivity index (χ4n) is 2.40. The van der Waals surface area contributed by atoms with Crippen LogP contribution in [0.3, 0.4) is 0 Å². The minimum atomic E-state index is -0.300. The number of hydrogen-bond acceptors (Lipinski definition) is 2. The summed E-state index contributed by atoms with van der Waals surface area (Å²) in [6.45, 7) is 2.79. The van der Waals surface area contributed by atoms with E-state index in [-0.39, 0.29) is 11.7 Å². The van der Waals surface area contributed by atoms with Crippen molar-refractivity contribution < 1.29 is 9.13 Å². The minimum absolute atomic E-state index is 0.0607. The van der Waals surface area contributed by atoms with Gasteiger partial charge in [-0.1, -0.05) is 29.3 Å². The highest BCUT2D eigenvalue weighted by Gasteiger charge is 2.17. The van der Waals surface area contributed by atoms with Crippen LogP contribution in [0.25, 0.3) is 0 Å². The molecule has 2 N–H and O–H groups in total. The molecule has 2 aromatic carbocycles. The highest BCUT2D eigenvalue weighted by Crippen LogP contribution is 2.31. The summed E-state index contributed by atoms with van der Waals surface area (Å²) in [5, 5.41) is 1.01. The third kappa shape index (κ3) is 4.13. The van der Waals surface area contributed by atoms with Gasteiger partial charge in [0.25, 0.3) is 0 Å². The molecule has 0 bridgehead atoms. The van der Waals surface area contributed by atoms with Crippen LogP contribution in [0.2, 0.25) is 10.0 Å². The average molecular weight is 342 g/mol. The first-order valence-corrected chi connectivity index (χ1v) is 7.87. The summed E-state index contributed by atoms with van der Waals surface area (Å²) in [5.41, 5.74) is 7.67. The lowest BCUT2D eigenvalue weighted by Gasteiger charge is -2.19. The predicted octanol–water partition coefficient (Wildman–Crippen LogP) is 4.82. The van der Waals surface area contributed by atoms with Crippen LogP contribution in [0, 0.1) is 5.82 Å². The fraction of sp³-hybridized carbons (Fsp3) is 0.294. The summed E-state index contributed by atoms with van der Waals surface area (Å²) in [6, 6.07) is 9.98. The van der Waals surface area contributed by atoms with E-state index in [4.69, 9.17) is 33.7 Å². The van der Waals surface area contributed by atoms with E-state index >= 15 is 0 Å². The number of benzene rings is 2. The molecule has 2 nitrogen and oxygen atoms in total. The molecule has 0 saturated carbocycles. The lowest BCUT2D eigenvalue weighted by molar-refractivity contribution is 0.333. The zero-order valence-electron chi connectivity index (χ0n) is 12.3. The Morgan fingerprint density at radius 3 is 2.55 bits per heavy atom. The van der Waals surface area contributed by atoms with E-state index in [1.807, 2.05) is 19.1 Å². The highest BCUT2D eigenvalue weighted by molar-refractivity contribution is 6.42. The van der Waals surface area contributed by atoms with Gasteiger partial charge in [0.2, 0.25) is 0 Å². The molecule has 1 atom stereocenters. The molecule has 0 radical (unpaired) electrons. The van der Waals surface area contributed by atoms with Gasteiger partial charge in [0, 0.05) is 11.5 Å². The second kappa shape index (κ2) is 7.82. The summed E-state index contributed by atoms with van der Waals surface area (Å²) >= 11 is 12.0. The topological polar surface area (TPSA) is 35.2 Å². The molecule has 0 amide bonds. The molecule has 5 heteroatoms. The van der Waals surface area contributed by atoms with E-state index in [0.29, 0.717) is 35.4 Å². The molecule has 2 rings (SSSR count). The predicted molar refractivity (Wildman–Crippen MR) is 89.5 cm³/mol. The van der Waals surface area contributed by atoms with Gasteiger partial charge in [-0.05, 0) is 55.8 Å². The monoisotopic (exact) mass is 341 g/mol. The van der Waals surface area contributed by atoms with E-state index in [0.717, 1.165) is 11.1 Å². The molecule has 0 aliphatic carbocycles. The summed E-state index contributed by atoms with van der Waals surface area (Å²) in [6.07, 6.45) is 0.636. The summed E-state index contributed by atoms with van der Waals surface area (Å²) in [7, 11) is 0. The molecular weight excluding hydrogens is 324 g/mol. The van der Waals surface area contributed by atoms with Crippen LogP contribution < -0.4 is 10.5 Å². The normalized spacial score (nSPS) is 12.2. The summed E-state index contributed by atoms with van der Waals surface area (Å²) < 4.78 is 19.2. The Hall–Kier alpha value is -1.29. The molecule has 0 saturated heterocycles. The molecule has 0 aromatic heterocycles. The van der Waals surface area contributed by atoms with Crippen molar-refractivity contribution in [2.24, 2.45) is 5.73 Å². The molecule has 2 aromatic rings. The van der Waals surface area contributed by atoms with Gasteiger partial charge in [0.1, 0.15) is 11.6 Å². The lowest BCUT2D eigenvalue weighted by atomic mass is 9.91. The van der Waals surface area contributed by atoms with E-state index in [1.165, 1.54) is 12.1 Å². The van der Waals surface area contributed by atoms with Crippen molar-refractivity contribution in [2.75, 3.05) is 13.2 Å². The van der Waals surface area contributed by atoms with E-state index in [9.17, 15) is 4.39 Å². The van der Waals surface area contributed by atoms with E-state index in [1.54, 1.807) is 12.1 Å². The number of hydrogen-bond donors (Lipinski definition) is 1.